The van der Waals surface area contributed by atoms with Crippen LogP contribution in [0.4, 0.5) is 4.39 Å². The summed E-state index contributed by atoms with van der Waals surface area (Å²) in [6.45, 7) is 0. The van der Waals surface area contributed by atoms with E-state index in [9.17, 15) is 9.65 Å². The van der Waals surface area contributed by atoms with Gasteiger partial charge in [0.2, 0.25) is 5.16 Å². The average Bonchev–Trinajstić information content (AvgIpc) is 3.37. The van der Waals surface area contributed by atoms with Crippen LogP contribution in [0.15, 0.2) is 58.6 Å². The van der Waals surface area contributed by atoms with E-state index in [-0.39, 0.29) is 5.56 Å². The summed E-state index contributed by atoms with van der Waals surface area (Å²) in [6.07, 6.45) is 2.22. The smallest absolute Gasteiger partial charge is 0.200 e. The lowest BCUT2D eigenvalue weighted by Crippen LogP contribution is -2.01. The summed E-state index contributed by atoms with van der Waals surface area (Å²) in [5.74, 6) is 0.837. The van der Waals surface area contributed by atoms with Gasteiger partial charge in [0, 0.05) is 16.5 Å². The van der Waals surface area contributed by atoms with Crippen molar-refractivity contribution in [2.45, 2.75) is 28.8 Å². The highest BCUT2D eigenvalue weighted by Gasteiger charge is 2.31. The van der Waals surface area contributed by atoms with Gasteiger partial charge in [0.25, 0.3) is 0 Å². The summed E-state index contributed by atoms with van der Waals surface area (Å²) in [7, 11) is 0. The van der Waals surface area contributed by atoms with Crippen molar-refractivity contribution in [3.63, 3.8) is 0 Å². The van der Waals surface area contributed by atoms with Gasteiger partial charge in [-0.15, -0.1) is 10.2 Å². The number of hydrogen-bond acceptors (Lipinski definition) is 4. The van der Waals surface area contributed by atoms with E-state index in [0.29, 0.717) is 16.0 Å². The molecular formula is C18H13FN4S. The third-order valence-electron chi connectivity index (χ3n) is 3.90. The van der Waals surface area contributed by atoms with Gasteiger partial charge in [0.05, 0.1) is 0 Å². The molecule has 1 aliphatic rings. The third kappa shape index (κ3) is 2.68. The molecule has 0 spiro atoms. The summed E-state index contributed by atoms with van der Waals surface area (Å²) in [5.41, 5.74) is 1.01. The van der Waals surface area contributed by atoms with E-state index in [1.54, 1.807) is 12.1 Å². The lowest BCUT2D eigenvalue weighted by molar-refractivity contribution is 0.619. The molecule has 1 aliphatic carbocycles. The van der Waals surface area contributed by atoms with E-state index in [4.69, 9.17) is 0 Å². The normalized spacial score (nSPS) is 13.7. The lowest BCUT2D eigenvalue weighted by atomic mass is 10.2. The fraction of sp³-hybridized carbons (Fsp3) is 0.167. The predicted octanol–water partition coefficient (Wildman–Crippen LogP) is 4.31. The second-order valence-electron chi connectivity index (χ2n) is 5.61. The molecule has 24 heavy (non-hydrogen) atoms. The van der Waals surface area contributed by atoms with Gasteiger partial charge in [-0.1, -0.05) is 24.3 Å². The van der Waals surface area contributed by atoms with Crippen LogP contribution >= 0.6 is 11.8 Å². The van der Waals surface area contributed by atoms with Crippen LogP contribution < -0.4 is 0 Å². The second kappa shape index (κ2) is 6.10. The molecule has 6 heteroatoms. The topological polar surface area (TPSA) is 54.5 Å². The number of nitriles is 1. The van der Waals surface area contributed by atoms with Gasteiger partial charge in [-0.25, -0.2) is 4.39 Å². The highest BCUT2D eigenvalue weighted by molar-refractivity contribution is 7.99. The molecule has 1 aromatic heterocycles. The molecule has 0 aliphatic heterocycles. The Morgan fingerprint density at radius 3 is 2.58 bits per heavy atom. The molecule has 0 atom stereocenters. The van der Waals surface area contributed by atoms with Crippen LogP contribution in [0.3, 0.4) is 0 Å². The quantitative estimate of drug-likeness (QED) is 0.712. The maximum absolute atomic E-state index is 13.8. The zero-order chi connectivity index (χ0) is 16.5. The van der Waals surface area contributed by atoms with Crippen LogP contribution in [-0.4, -0.2) is 14.8 Å². The summed E-state index contributed by atoms with van der Waals surface area (Å²) in [4.78, 5) is 0.546. The van der Waals surface area contributed by atoms with Gasteiger partial charge < -0.3 is 0 Å². The van der Waals surface area contributed by atoms with Crippen molar-refractivity contribution in [2.75, 3.05) is 0 Å². The van der Waals surface area contributed by atoms with Gasteiger partial charge in [-0.3, -0.25) is 4.57 Å². The number of nitrogens with zero attached hydrogens (tertiary/aromatic N) is 4. The molecule has 0 unspecified atom stereocenters. The first kappa shape index (κ1) is 14.9. The molecule has 4 nitrogen and oxygen atoms in total. The minimum absolute atomic E-state index is 0.0399. The Labute approximate surface area is 143 Å². The van der Waals surface area contributed by atoms with E-state index in [0.717, 1.165) is 24.4 Å². The monoisotopic (exact) mass is 336 g/mol. The molecule has 1 fully saturated rings. The Bertz CT molecular complexity index is 926. The highest BCUT2D eigenvalue weighted by atomic mass is 32.2. The second-order valence-corrected chi connectivity index (χ2v) is 6.62. The van der Waals surface area contributed by atoms with Gasteiger partial charge in [-0.2, -0.15) is 5.26 Å². The van der Waals surface area contributed by atoms with Crippen LogP contribution in [0, 0.1) is 17.1 Å². The molecule has 0 bridgehead atoms. The minimum atomic E-state index is -0.518. The molecule has 0 amide bonds. The SMILES string of the molecule is N#Cc1c(F)cccc1Sc1nnc(C2CC2)n1-c1ccccc1. The third-order valence-corrected chi connectivity index (χ3v) is 4.91. The van der Waals surface area contributed by atoms with Crippen LogP contribution in [0.1, 0.15) is 30.1 Å². The maximum atomic E-state index is 13.8. The molecule has 1 saturated carbocycles. The molecule has 3 aromatic rings. The van der Waals surface area contributed by atoms with Crippen molar-refractivity contribution < 1.29 is 4.39 Å². The zero-order valence-electron chi connectivity index (χ0n) is 12.7. The first-order chi connectivity index (χ1) is 11.8. The predicted molar refractivity (Wildman–Crippen MR) is 88.6 cm³/mol. The number of hydrogen-bond donors (Lipinski definition) is 0. The number of benzene rings is 2. The first-order valence-corrected chi connectivity index (χ1v) is 8.47. The molecule has 0 saturated heterocycles. The molecule has 4 rings (SSSR count). The molecule has 0 radical (unpaired) electrons. The first-order valence-electron chi connectivity index (χ1n) is 7.65. The summed E-state index contributed by atoms with van der Waals surface area (Å²) in [6, 6.07) is 16.4. The summed E-state index contributed by atoms with van der Waals surface area (Å²) in [5, 5.41) is 18.5. The van der Waals surface area contributed by atoms with Crippen molar-refractivity contribution >= 4 is 11.8 Å². The number of para-hydroxylation sites is 1. The fourth-order valence-electron chi connectivity index (χ4n) is 2.57. The Morgan fingerprint density at radius 2 is 1.88 bits per heavy atom. The number of rotatable bonds is 4. The number of halogens is 1. The largest absolute Gasteiger partial charge is 0.274 e. The van der Waals surface area contributed by atoms with E-state index >= 15 is 0 Å². The molecule has 118 valence electrons. The summed E-state index contributed by atoms with van der Waals surface area (Å²) < 4.78 is 15.8. The van der Waals surface area contributed by atoms with Crippen molar-refractivity contribution in [1.82, 2.24) is 14.8 Å². The van der Waals surface area contributed by atoms with Crippen molar-refractivity contribution in [3.05, 3.63) is 65.7 Å². The van der Waals surface area contributed by atoms with Crippen molar-refractivity contribution in [2.24, 2.45) is 0 Å². The van der Waals surface area contributed by atoms with E-state index in [2.05, 4.69) is 10.2 Å². The van der Waals surface area contributed by atoms with Crippen molar-refractivity contribution in [3.8, 4) is 11.8 Å². The van der Waals surface area contributed by atoms with Crippen LogP contribution in [0.5, 0.6) is 0 Å². The van der Waals surface area contributed by atoms with Gasteiger partial charge in [-0.05, 0) is 48.9 Å². The van der Waals surface area contributed by atoms with Gasteiger partial charge >= 0.3 is 0 Å². The van der Waals surface area contributed by atoms with E-state index < -0.39 is 5.82 Å². The molecular weight excluding hydrogens is 323 g/mol. The molecule has 2 aromatic carbocycles. The average molecular weight is 336 g/mol. The fourth-order valence-corrected chi connectivity index (χ4v) is 3.53. The molecule has 1 heterocycles. The Kier molecular flexibility index (Phi) is 3.79. The number of aromatic nitrogens is 3. The van der Waals surface area contributed by atoms with Crippen LogP contribution in [0.2, 0.25) is 0 Å². The van der Waals surface area contributed by atoms with E-state index in [1.165, 1.54) is 17.8 Å². The Balaban J connectivity index is 1.80. The van der Waals surface area contributed by atoms with Crippen LogP contribution in [0.25, 0.3) is 5.69 Å². The lowest BCUT2D eigenvalue weighted by Gasteiger charge is -2.10. The van der Waals surface area contributed by atoms with Crippen LogP contribution in [-0.2, 0) is 0 Å². The molecule has 0 N–H and O–H groups in total. The Morgan fingerprint density at radius 1 is 1.08 bits per heavy atom. The van der Waals surface area contributed by atoms with Gasteiger partial charge in [0.1, 0.15) is 23.3 Å². The summed E-state index contributed by atoms with van der Waals surface area (Å²) >= 11 is 1.27. The maximum Gasteiger partial charge on any atom is 0.200 e. The highest BCUT2D eigenvalue weighted by Crippen LogP contribution is 2.42. The van der Waals surface area contributed by atoms with Crippen molar-refractivity contribution in [1.29, 1.82) is 5.26 Å². The van der Waals surface area contributed by atoms with Gasteiger partial charge in [0.15, 0.2) is 0 Å². The Hall–Kier alpha value is -2.65. The standard InChI is InChI=1S/C18H13FN4S/c19-15-7-4-8-16(14(15)11-20)24-18-22-21-17(12-9-10-12)23(18)13-5-2-1-3-6-13/h1-8,12H,9-10H2. The van der Waals surface area contributed by atoms with E-state index in [1.807, 2.05) is 41.0 Å². The zero-order valence-corrected chi connectivity index (χ0v) is 13.5. The minimum Gasteiger partial charge on any atom is -0.274 e.